The lowest BCUT2D eigenvalue weighted by Gasteiger charge is -2.29. The van der Waals surface area contributed by atoms with Gasteiger partial charge in [-0.25, -0.2) is 13.1 Å². The highest BCUT2D eigenvalue weighted by atomic mass is 35.5. The summed E-state index contributed by atoms with van der Waals surface area (Å²) in [5.41, 5.74) is 0. The van der Waals surface area contributed by atoms with Crippen molar-refractivity contribution in [2.75, 3.05) is 13.1 Å². The van der Waals surface area contributed by atoms with E-state index in [0.29, 0.717) is 17.5 Å². The second kappa shape index (κ2) is 5.57. The molecule has 0 amide bonds. The molecule has 2 unspecified atom stereocenters. The van der Waals surface area contributed by atoms with Crippen LogP contribution in [0.2, 0.25) is 5.02 Å². The van der Waals surface area contributed by atoms with Crippen LogP contribution in [0.1, 0.15) is 13.3 Å². The van der Waals surface area contributed by atoms with Gasteiger partial charge in [0.25, 0.3) is 0 Å². The second-order valence-corrected chi connectivity index (χ2v) is 6.80. The molecule has 2 rings (SSSR count). The van der Waals surface area contributed by atoms with Crippen molar-refractivity contribution in [3.05, 3.63) is 29.3 Å². The van der Waals surface area contributed by atoms with Crippen LogP contribution < -0.4 is 10.0 Å². The largest absolute Gasteiger partial charge is 0.315 e. The monoisotopic (exact) mass is 288 g/mol. The third-order valence-corrected chi connectivity index (χ3v) is 5.02. The zero-order valence-electron chi connectivity index (χ0n) is 10.2. The fraction of sp³-hybridized carbons (Fsp3) is 0.500. The summed E-state index contributed by atoms with van der Waals surface area (Å²) in [5, 5.41) is 3.73. The summed E-state index contributed by atoms with van der Waals surface area (Å²) in [4.78, 5) is 0.254. The zero-order chi connectivity index (χ0) is 13.2. The van der Waals surface area contributed by atoms with E-state index in [4.69, 9.17) is 11.6 Å². The Balaban J connectivity index is 2.13. The molecule has 1 aliphatic heterocycles. The number of piperidine rings is 1. The van der Waals surface area contributed by atoms with Crippen LogP contribution in [0.3, 0.4) is 0 Å². The van der Waals surface area contributed by atoms with Gasteiger partial charge >= 0.3 is 0 Å². The lowest BCUT2D eigenvalue weighted by molar-refractivity contribution is 0.327. The normalized spacial score (nSPS) is 25.0. The van der Waals surface area contributed by atoms with Crippen LogP contribution >= 0.6 is 11.6 Å². The lowest BCUT2D eigenvalue weighted by atomic mass is 9.96. The quantitative estimate of drug-likeness (QED) is 0.888. The number of rotatable bonds is 3. The van der Waals surface area contributed by atoms with E-state index >= 15 is 0 Å². The lowest BCUT2D eigenvalue weighted by Crippen LogP contribution is -2.50. The van der Waals surface area contributed by atoms with E-state index < -0.39 is 10.0 Å². The van der Waals surface area contributed by atoms with Crippen LogP contribution in [-0.4, -0.2) is 27.5 Å². The van der Waals surface area contributed by atoms with Crippen molar-refractivity contribution in [2.45, 2.75) is 24.3 Å². The Morgan fingerprint density at radius 2 is 2.00 bits per heavy atom. The number of benzene rings is 1. The molecule has 1 aliphatic rings. The first-order valence-corrected chi connectivity index (χ1v) is 7.84. The summed E-state index contributed by atoms with van der Waals surface area (Å²) in [6, 6.07) is 6.15. The summed E-state index contributed by atoms with van der Waals surface area (Å²) in [7, 11) is -3.46. The van der Waals surface area contributed by atoms with Gasteiger partial charge in [-0.3, -0.25) is 0 Å². The SMILES string of the molecule is CC1CCNCC1NS(=O)(=O)c1ccc(Cl)cc1. The standard InChI is InChI=1S/C12H17ClN2O2S/c1-9-6-7-14-8-12(9)15-18(16,17)11-4-2-10(13)3-5-11/h2-5,9,12,14-15H,6-8H2,1H3. The molecule has 0 radical (unpaired) electrons. The first-order chi connectivity index (χ1) is 8.49. The van der Waals surface area contributed by atoms with Gasteiger partial charge < -0.3 is 5.32 Å². The molecule has 100 valence electrons. The molecule has 1 aromatic carbocycles. The molecule has 1 fully saturated rings. The van der Waals surface area contributed by atoms with E-state index in [1.165, 1.54) is 12.1 Å². The molecule has 1 aromatic rings. The minimum atomic E-state index is -3.46. The van der Waals surface area contributed by atoms with Gasteiger partial charge in [0, 0.05) is 17.6 Å². The van der Waals surface area contributed by atoms with E-state index in [2.05, 4.69) is 17.0 Å². The van der Waals surface area contributed by atoms with Gasteiger partial charge in [0.05, 0.1) is 4.90 Å². The Morgan fingerprint density at radius 3 is 2.61 bits per heavy atom. The summed E-state index contributed by atoms with van der Waals surface area (Å²) in [6.07, 6.45) is 0.980. The minimum absolute atomic E-state index is 0.0561. The number of halogens is 1. The van der Waals surface area contributed by atoms with Gasteiger partial charge in [0.1, 0.15) is 0 Å². The van der Waals surface area contributed by atoms with Crippen molar-refractivity contribution in [1.82, 2.24) is 10.0 Å². The molecule has 0 aliphatic carbocycles. The molecular formula is C12H17ClN2O2S. The Hall–Kier alpha value is -0.620. The van der Waals surface area contributed by atoms with E-state index in [1.807, 2.05) is 0 Å². The van der Waals surface area contributed by atoms with E-state index in [9.17, 15) is 8.42 Å². The molecule has 0 spiro atoms. The highest BCUT2D eigenvalue weighted by Crippen LogP contribution is 2.17. The molecule has 1 heterocycles. The Kier molecular flexibility index (Phi) is 4.27. The van der Waals surface area contributed by atoms with Crippen LogP contribution in [0.15, 0.2) is 29.2 Å². The van der Waals surface area contributed by atoms with Gasteiger partial charge in [-0.2, -0.15) is 0 Å². The summed E-state index contributed by atoms with van der Waals surface area (Å²) in [5.74, 6) is 0.341. The average Bonchev–Trinajstić information content (AvgIpc) is 2.32. The molecule has 1 saturated heterocycles. The first kappa shape index (κ1) is 13.8. The zero-order valence-corrected chi connectivity index (χ0v) is 11.8. The highest BCUT2D eigenvalue weighted by molar-refractivity contribution is 7.89. The third kappa shape index (κ3) is 3.23. The smallest absolute Gasteiger partial charge is 0.240 e. The number of nitrogens with one attached hydrogen (secondary N) is 2. The van der Waals surface area contributed by atoms with Crippen molar-refractivity contribution in [1.29, 1.82) is 0 Å². The van der Waals surface area contributed by atoms with E-state index in [1.54, 1.807) is 12.1 Å². The van der Waals surface area contributed by atoms with Gasteiger partial charge in [0.15, 0.2) is 0 Å². The first-order valence-electron chi connectivity index (χ1n) is 5.97. The Morgan fingerprint density at radius 1 is 1.33 bits per heavy atom. The fourth-order valence-corrected chi connectivity index (χ4v) is 3.50. The van der Waals surface area contributed by atoms with Crippen molar-refractivity contribution >= 4 is 21.6 Å². The Labute approximate surface area is 113 Å². The van der Waals surface area contributed by atoms with Gasteiger partial charge in [-0.05, 0) is 43.1 Å². The van der Waals surface area contributed by atoms with Crippen molar-refractivity contribution in [3.63, 3.8) is 0 Å². The molecule has 2 atom stereocenters. The van der Waals surface area contributed by atoms with Crippen molar-refractivity contribution in [3.8, 4) is 0 Å². The van der Waals surface area contributed by atoms with Crippen LogP contribution in [-0.2, 0) is 10.0 Å². The second-order valence-electron chi connectivity index (χ2n) is 4.65. The minimum Gasteiger partial charge on any atom is -0.315 e. The molecule has 0 aromatic heterocycles. The predicted molar refractivity (Wildman–Crippen MR) is 72.2 cm³/mol. The maximum Gasteiger partial charge on any atom is 0.240 e. The van der Waals surface area contributed by atoms with Crippen LogP contribution in [0, 0.1) is 5.92 Å². The molecular weight excluding hydrogens is 272 g/mol. The topological polar surface area (TPSA) is 58.2 Å². The molecule has 0 saturated carbocycles. The van der Waals surface area contributed by atoms with E-state index in [-0.39, 0.29) is 10.9 Å². The van der Waals surface area contributed by atoms with Crippen LogP contribution in [0.4, 0.5) is 0 Å². The van der Waals surface area contributed by atoms with Gasteiger partial charge in [-0.1, -0.05) is 18.5 Å². The molecule has 0 bridgehead atoms. The molecule has 4 nitrogen and oxygen atoms in total. The number of hydrogen-bond donors (Lipinski definition) is 2. The highest BCUT2D eigenvalue weighted by Gasteiger charge is 2.26. The van der Waals surface area contributed by atoms with Gasteiger partial charge in [-0.15, -0.1) is 0 Å². The summed E-state index contributed by atoms with van der Waals surface area (Å²) in [6.45, 7) is 3.68. The van der Waals surface area contributed by atoms with Crippen LogP contribution in [0.5, 0.6) is 0 Å². The third-order valence-electron chi connectivity index (χ3n) is 3.26. The van der Waals surface area contributed by atoms with Crippen LogP contribution in [0.25, 0.3) is 0 Å². The summed E-state index contributed by atoms with van der Waals surface area (Å²) < 4.78 is 27.1. The fourth-order valence-electron chi connectivity index (χ4n) is 2.03. The van der Waals surface area contributed by atoms with Crippen molar-refractivity contribution in [2.24, 2.45) is 5.92 Å². The Bertz CT molecular complexity index is 501. The molecule has 18 heavy (non-hydrogen) atoms. The molecule has 6 heteroatoms. The number of sulfonamides is 1. The van der Waals surface area contributed by atoms with Gasteiger partial charge in [0.2, 0.25) is 10.0 Å². The van der Waals surface area contributed by atoms with Crippen molar-refractivity contribution < 1.29 is 8.42 Å². The summed E-state index contributed by atoms with van der Waals surface area (Å²) >= 11 is 5.75. The molecule has 2 N–H and O–H groups in total. The van der Waals surface area contributed by atoms with E-state index in [0.717, 1.165) is 13.0 Å². The maximum atomic E-state index is 12.2. The number of hydrogen-bond acceptors (Lipinski definition) is 3. The maximum absolute atomic E-state index is 12.2. The average molecular weight is 289 g/mol. The predicted octanol–water partition coefficient (Wildman–Crippen LogP) is 1.62.